The summed E-state index contributed by atoms with van der Waals surface area (Å²) in [5.74, 6) is 5.05. The first-order valence-corrected chi connectivity index (χ1v) is 2.00. The van der Waals surface area contributed by atoms with E-state index in [2.05, 4.69) is 10.3 Å². The molecule has 0 fully saturated rings. The Morgan fingerprint density at radius 1 is 1.86 bits per heavy atom. The van der Waals surface area contributed by atoms with Crippen molar-refractivity contribution in [2.75, 3.05) is 5.84 Å². The monoisotopic (exact) mass is 118 g/mol. The van der Waals surface area contributed by atoms with Crippen LogP contribution in [0.25, 0.3) is 0 Å². The minimum Gasteiger partial charge on any atom is -0.320 e. The zero-order valence-corrected chi connectivity index (χ0v) is 4.13. The average Bonchev–Trinajstić information content (AvgIpc) is 1.91. The Bertz CT molecular complexity index is 142. The second kappa shape index (κ2) is 1.38. The van der Waals surface area contributed by atoms with Crippen LogP contribution in [0.2, 0.25) is 5.15 Å². The normalized spacial score (nSPS) is 9.29. The molecule has 0 aliphatic rings. The predicted molar refractivity (Wildman–Crippen MR) is 25.2 cm³/mol. The summed E-state index contributed by atoms with van der Waals surface area (Å²) < 4.78 is 0. The maximum atomic E-state index is 5.34. The molecule has 0 unspecified atom stereocenters. The van der Waals surface area contributed by atoms with Crippen LogP contribution in [0.15, 0.2) is 6.20 Å². The summed E-state index contributed by atoms with van der Waals surface area (Å²) >= 11 is 5.34. The second-order valence-corrected chi connectivity index (χ2v) is 1.39. The lowest BCUT2D eigenvalue weighted by molar-refractivity contribution is 0.766. The first kappa shape index (κ1) is 4.39. The van der Waals surface area contributed by atoms with Crippen LogP contribution < -0.4 is 5.84 Å². The highest BCUT2D eigenvalue weighted by Crippen LogP contribution is 1.97. The van der Waals surface area contributed by atoms with Gasteiger partial charge in [-0.1, -0.05) is 11.6 Å². The molecular weight excluding hydrogens is 116 g/mol. The molecule has 0 aliphatic heterocycles. The minimum absolute atomic E-state index is 0.333. The number of hydrogen-bond donors (Lipinski definition) is 1. The van der Waals surface area contributed by atoms with Crippen molar-refractivity contribution in [3.05, 3.63) is 11.3 Å². The molecule has 0 atom stereocenters. The summed E-state index contributed by atoms with van der Waals surface area (Å²) in [5, 5.41) is 7.04. The van der Waals surface area contributed by atoms with Gasteiger partial charge in [-0.3, -0.25) is 0 Å². The standard InChI is InChI=1S/C2H3ClN4/c3-2-1-5-6-7(2)4/h1H,4H2. The molecule has 0 aromatic carbocycles. The summed E-state index contributed by atoms with van der Waals surface area (Å²) in [6.07, 6.45) is 1.36. The van der Waals surface area contributed by atoms with Crippen LogP contribution in [0.3, 0.4) is 0 Å². The molecule has 0 bridgehead atoms. The number of aromatic nitrogens is 3. The molecule has 1 aromatic heterocycles. The molecule has 0 saturated heterocycles. The van der Waals surface area contributed by atoms with Gasteiger partial charge in [0.15, 0.2) is 5.15 Å². The number of nitrogens with zero attached hydrogens (tertiary/aromatic N) is 3. The van der Waals surface area contributed by atoms with E-state index in [-0.39, 0.29) is 0 Å². The van der Waals surface area contributed by atoms with Gasteiger partial charge < -0.3 is 5.84 Å². The Balaban J connectivity index is 3.12. The van der Waals surface area contributed by atoms with Gasteiger partial charge in [-0.2, -0.15) is 0 Å². The Labute approximate surface area is 44.8 Å². The second-order valence-electron chi connectivity index (χ2n) is 1.00. The molecular formula is C2H3ClN4. The summed E-state index contributed by atoms with van der Waals surface area (Å²) in [6.45, 7) is 0. The van der Waals surface area contributed by atoms with Crippen molar-refractivity contribution in [2.45, 2.75) is 0 Å². The predicted octanol–water partition coefficient (Wildman–Crippen LogP) is -0.355. The Morgan fingerprint density at radius 3 is 2.71 bits per heavy atom. The topological polar surface area (TPSA) is 56.7 Å². The molecule has 38 valence electrons. The first-order valence-electron chi connectivity index (χ1n) is 1.62. The van der Waals surface area contributed by atoms with Gasteiger partial charge in [-0.05, 0) is 5.21 Å². The van der Waals surface area contributed by atoms with Crippen molar-refractivity contribution in [3.63, 3.8) is 0 Å². The van der Waals surface area contributed by atoms with E-state index in [9.17, 15) is 0 Å². The maximum absolute atomic E-state index is 5.34. The summed E-state index contributed by atoms with van der Waals surface area (Å²) in [6, 6.07) is 0. The summed E-state index contributed by atoms with van der Waals surface area (Å²) in [7, 11) is 0. The average molecular weight is 119 g/mol. The van der Waals surface area contributed by atoms with Crippen molar-refractivity contribution in [1.82, 2.24) is 15.1 Å². The number of halogens is 1. The largest absolute Gasteiger partial charge is 0.320 e. The van der Waals surface area contributed by atoms with Crippen molar-refractivity contribution in [3.8, 4) is 0 Å². The molecule has 0 aliphatic carbocycles. The Hall–Kier alpha value is -0.770. The van der Waals surface area contributed by atoms with Gasteiger partial charge in [-0.25, -0.2) is 0 Å². The quantitative estimate of drug-likeness (QED) is 0.474. The van der Waals surface area contributed by atoms with E-state index in [1.54, 1.807) is 0 Å². The highest BCUT2D eigenvalue weighted by Gasteiger charge is 1.89. The van der Waals surface area contributed by atoms with E-state index in [4.69, 9.17) is 17.4 Å². The van der Waals surface area contributed by atoms with Crippen LogP contribution in [0.1, 0.15) is 0 Å². The number of hydrogen-bond acceptors (Lipinski definition) is 3. The zero-order chi connectivity index (χ0) is 5.28. The molecule has 2 N–H and O–H groups in total. The van der Waals surface area contributed by atoms with E-state index in [0.717, 1.165) is 4.79 Å². The number of nitrogen functional groups attached to an aromatic ring is 1. The fourth-order valence-corrected chi connectivity index (χ4v) is 0.308. The van der Waals surface area contributed by atoms with Crippen molar-refractivity contribution < 1.29 is 0 Å². The lowest BCUT2D eigenvalue weighted by Gasteiger charge is -1.82. The molecule has 1 heterocycles. The van der Waals surface area contributed by atoms with Crippen LogP contribution in [0, 0.1) is 0 Å². The number of rotatable bonds is 0. The van der Waals surface area contributed by atoms with Gasteiger partial charge in [0.1, 0.15) is 0 Å². The van der Waals surface area contributed by atoms with Crippen LogP contribution >= 0.6 is 11.6 Å². The number of nitrogens with two attached hydrogens (primary N) is 1. The van der Waals surface area contributed by atoms with Gasteiger partial charge >= 0.3 is 0 Å². The van der Waals surface area contributed by atoms with Gasteiger partial charge in [-0.15, -0.1) is 9.89 Å². The molecule has 0 radical (unpaired) electrons. The lowest BCUT2D eigenvalue weighted by Crippen LogP contribution is -2.09. The molecule has 7 heavy (non-hydrogen) atoms. The van der Waals surface area contributed by atoms with Gasteiger partial charge in [0.25, 0.3) is 0 Å². The van der Waals surface area contributed by atoms with E-state index in [1.165, 1.54) is 6.20 Å². The molecule has 0 saturated carbocycles. The van der Waals surface area contributed by atoms with E-state index >= 15 is 0 Å². The smallest absolute Gasteiger partial charge is 0.170 e. The third-order valence-corrected chi connectivity index (χ3v) is 0.802. The molecule has 4 nitrogen and oxygen atoms in total. The summed E-state index contributed by atoms with van der Waals surface area (Å²) in [4.78, 5) is 0.988. The molecule has 0 spiro atoms. The van der Waals surface area contributed by atoms with Crippen LogP contribution in [0.4, 0.5) is 0 Å². The van der Waals surface area contributed by atoms with Gasteiger partial charge in [0.05, 0.1) is 6.20 Å². The maximum Gasteiger partial charge on any atom is 0.170 e. The fourth-order valence-electron chi connectivity index (χ4n) is 0.231. The summed E-state index contributed by atoms with van der Waals surface area (Å²) in [5.41, 5.74) is 0. The first-order chi connectivity index (χ1) is 3.30. The van der Waals surface area contributed by atoms with Gasteiger partial charge in [0, 0.05) is 0 Å². The van der Waals surface area contributed by atoms with Crippen LogP contribution in [-0.4, -0.2) is 15.1 Å². The Kier molecular flexibility index (Phi) is 0.867. The Morgan fingerprint density at radius 2 is 2.57 bits per heavy atom. The minimum atomic E-state index is 0.333. The van der Waals surface area contributed by atoms with E-state index in [0.29, 0.717) is 5.15 Å². The SMILES string of the molecule is Nn1nncc1Cl. The van der Waals surface area contributed by atoms with Crippen molar-refractivity contribution >= 4 is 11.6 Å². The molecule has 0 amide bonds. The highest BCUT2D eigenvalue weighted by molar-refractivity contribution is 6.29. The van der Waals surface area contributed by atoms with E-state index in [1.807, 2.05) is 0 Å². The van der Waals surface area contributed by atoms with Crippen LogP contribution in [-0.2, 0) is 0 Å². The third kappa shape index (κ3) is 0.640. The van der Waals surface area contributed by atoms with Crippen molar-refractivity contribution in [2.24, 2.45) is 0 Å². The highest BCUT2D eigenvalue weighted by atomic mass is 35.5. The van der Waals surface area contributed by atoms with E-state index < -0.39 is 0 Å². The lowest BCUT2D eigenvalue weighted by atomic mass is 10.9. The molecule has 1 aromatic rings. The fraction of sp³-hybridized carbons (Fsp3) is 0. The zero-order valence-electron chi connectivity index (χ0n) is 3.37. The molecule has 5 heteroatoms. The van der Waals surface area contributed by atoms with Gasteiger partial charge in [0.2, 0.25) is 0 Å². The van der Waals surface area contributed by atoms with Crippen LogP contribution in [0.5, 0.6) is 0 Å². The van der Waals surface area contributed by atoms with Crippen molar-refractivity contribution in [1.29, 1.82) is 0 Å². The third-order valence-electron chi connectivity index (χ3n) is 0.531. The molecule has 1 rings (SSSR count).